The van der Waals surface area contributed by atoms with E-state index in [4.69, 9.17) is 23.2 Å². The Bertz CT molecular complexity index is 521. The largest absolute Gasteiger partial charge is 0.363 e. The number of hydrogen-bond acceptors (Lipinski definition) is 2. The molecule has 0 spiro atoms. The first-order chi connectivity index (χ1) is 8.06. The third-order valence-corrected chi connectivity index (χ3v) is 2.86. The summed E-state index contributed by atoms with van der Waals surface area (Å²) in [5.74, 6) is 0.836. The Labute approximate surface area is 111 Å². The second kappa shape index (κ2) is 4.94. The normalized spacial score (nSPS) is 10.4. The highest BCUT2D eigenvalue weighted by Gasteiger charge is 2.05. The zero-order valence-electron chi connectivity index (χ0n) is 9.61. The first kappa shape index (κ1) is 12.2. The monoisotopic (exact) mass is 266 g/mol. The summed E-state index contributed by atoms with van der Waals surface area (Å²) in [5.41, 5.74) is 2.10. The fourth-order valence-electron chi connectivity index (χ4n) is 1.52. The highest BCUT2D eigenvalue weighted by molar-refractivity contribution is 6.30. The summed E-state index contributed by atoms with van der Waals surface area (Å²) >= 11 is 11.9. The molecule has 88 valence electrons. The summed E-state index contributed by atoms with van der Waals surface area (Å²) in [7, 11) is 3.87. The Hall–Kier alpha value is -1.25. The van der Waals surface area contributed by atoms with Crippen molar-refractivity contribution in [2.75, 3.05) is 19.0 Å². The number of rotatable bonds is 2. The lowest BCUT2D eigenvalue weighted by molar-refractivity contribution is 1.07. The molecule has 0 fully saturated rings. The molecule has 0 saturated carbocycles. The standard InChI is InChI=1S/C13H12Cl2N2/c1-17(2)13-8-10(7-12(15)16-13)9-3-5-11(14)6-4-9/h3-8H,1-2H3. The topological polar surface area (TPSA) is 16.1 Å². The average molecular weight is 267 g/mol. The summed E-state index contributed by atoms with van der Waals surface area (Å²) in [6.45, 7) is 0. The van der Waals surface area contributed by atoms with Crippen LogP contribution in [0.15, 0.2) is 36.4 Å². The second-order valence-electron chi connectivity index (χ2n) is 3.94. The molecule has 0 aliphatic carbocycles. The second-order valence-corrected chi connectivity index (χ2v) is 4.76. The van der Waals surface area contributed by atoms with Crippen LogP contribution in [0.2, 0.25) is 10.2 Å². The van der Waals surface area contributed by atoms with E-state index in [1.807, 2.05) is 55.4 Å². The van der Waals surface area contributed by atoms with Gasteiger partial charge in [0.1, 0.15) is 11.0 Å². The van der Waals surface area contributed by atoms with Gasteiger partial charge in [0.2, 0.25) is 0 Å². The van der Waals surface area contributed by atoms with Crippen LogP contribution in [0.5, 0.6) is 0 Å². The highest BCUT2D eigenvalue weighted by Crippen LogP contribution is 2.26. The molecule has 0 N–H and O–H groups in total. The van der Waals surface area contributed by atoms with Crippen molar-refractivity contribution < 1.29 is 0 Å². The van der Waals surface area contributed by atoms with E-state index < -0.39 is 0 Å². The van der Waals surface area contributed by atoms with Gasteiger partial charge in [0.25, 0.3) is 0 Å². The molecule has 0 bridgehead atoms. The molecule has 4 heteroatoms. The Kier molecular flexibility index (Phi) is 3.55. The van der Waals surface area contributed by atoms with Gasteiger partial charge in [0.15, 0.2) is 0 Å². The van der Waals surface area contributed by atoms with Gasteiger partial charge in [-0.25, -0.2) is 4.98 Å². The van der Waals surface area contributed by atoms with Crippen molar-refractivity contribution in [3.8, 4) is 11.1 Å². The van der Waals surface area contributed by atoms with Crippen LogP contribution in [-0.4, -0.2) is 19.1 Å². The van der Waals surface area contributed by atoms with E-state index in [9.17, 15) is 0 Å². The highest BCUT2D eigenvalue weighted by atomic mass is 35.5. The SMILES string of the molecule is CN(C)c1cc(-c2ccc(Cl)cc2)cc(Cl)n1. The van der Waals surface area contributed by atoms with Crippen molar-refractivity contribution >= 4 is 29.0 Å². The van der Waals surface area contributed by atoms with Gasteiger partial charge in [-0.15, -0.1) is 0 Å². The summed E-state index contributed by atoms with van der Waals surface area (Å²) in [6.07, 6.45) is 0. The maximum absolute atomic E-state index is 6.01. The molecule has 0 aliphatic heterocycles. The van der Waals surface area contributed by atoms with Gasteiger partial charge in [-0.3, -0.25) is 0 Å². The van der Waals surface area contributed by atoms with Crippen LogP contribution in [0.4, 0.5) is 5.82 Å². The molecule has 2 rings (SSSR count). The number of anilines is 1. The number of aromatic nitrogens is 1. The Morgan fingerprint density at radius 1 is 0.941 bits per heavy atom. The lowest BCUT2D eigenvalue weighted by Crippen LogP contribution is -2.10. The van der Waals surface area contributed by atoms with E-state index in [1.165, 1.54) is 0 Å². The fraction of sp³-hybridized carbons (Fsp3) is 0.154. The van der Waals surface area contributed by atoms with Crippen molar-refractivity contribution in [2.45, 2.75) is 0 Å². The van der Waals surface area contributed by atoms with E-state index >= 15 is 0 Å². The predicted molar refractivity (Wildman–Crippen MR) is 74.0 cm³/mol. The van der Waals surface area contributed by atoms with E-state index in [0.717, 1.165) is 22.0 Å². The fourth-order valence-corrected chi connectivity index (χ4v) is 1.85. The molecule has 2 aromatic rings. The van der Waals surface area contributed by atoms with Crippen LogP contribution in [0.1, 0.15) is 0 Å². The average Bonchev–Trinajstić information content (AvgIpc) is 2.29. The van der Waals surface area contributed by atoms with Gasteiger partial charge in [-0.2, -0.15) is 0 Å². The van der Waals surface area contributed by atoms with Gasteiger partial charge >= 0.3 is 0 Å². The number of halogens is 2. The molecule has 17 heavy (non-hydrogen) atoms. The summed E-state index contributed by atoms with van der Waals surface area (Å²) in [5, 5.41) is 1.21. The van der Waals surface area contributed by atoms with Gasteiger partial charge in [0.05, 0.1) is 0 Å². The minimum absolute atomic E-state index is 0.487. The van der Waals surface area contributed by atoms with Crippen LogP contribution in [0.25, 0.3) is 11.1 Å². The van der Waals surface area contributed by atoms with Crippen molar-refractivity contribution in [3.63, 3.8) is 0 Å². The van der Waals surface area contributed by atoms with Gasteiger partial charge in [-0.05, 0) is 35.4 Å². The smallest absolute Gasteiger partial charge is 0.132 e. The number of nitrogens with zero attached hydrogens (tertiary/aromatic N) is 2. The van der Waals surface area contributed by atoms with Crippen molar-refractivity contribution in [2.24, 2.45) is 0 Å². The van der Waals surface area contributed by atoms with E-state index in [2.05, 4.69) is 4.98 Å². The van der Waals surface area contributed by atoms with E-state index in [1.54, 1.807) is 0 Å². The van der Waals surface area contributed by atoms with E-state index in [0.29, 0.717) is 5.15 Å². The maximum Gasteiger partial charge on any atom is 0.132 e. The lowest BCUT2D eigenvalue weighted by Gasteiger charge is -2.13. The quantitative estimate of drug-likeness (QED) is 0.761. The molecule has 0 unspecified atom stereocenters. The molecular formula is C13H12Cl2N2. The zero-order chi connectivity index (χ0) is 12.4. The van der Waals surface area contributed by atoms with Crippen LogP contribution in [0, 0.1) is 0 Å². The first-order valence-electron chi connectivity index (χ1n) is 5.17. The lowest BCUT2D eigenvalue weighted by atomic mass is 10.1. The molecular weight excluding hydrogens is 255 g/mol. The van der Waals surface area contributed by atoms with Gasteiger partial charge in [-0.1, -0.05) is 35.3 Å². The van der Waals surface area contributed by atoms with E-state index in [-0.39, 0.29) is 0 Å². The molecule has 2 nitrogen and oxygen atoms in total. The summed E-state index contributed by atoms with van der Waals surface area (Å²) < 4.78 is 0. The molecule has 0 radical (unpaired) electrons. The minimum Gasteiger partial charge on any atom is -0.363 e. The first-order valence-corrected chi connectivity index (χ1v) is 5.93. The maximum atomic E-state index is 6.01. The third kappa shape index (κ3) is 2.90. The Balaban J connectivity index is 2.48. The molecule has 1 aromatic heterocycles. The van der Waals surface area contributed by atoms with Crippen LogP contribution >= 0.6 is 23.2 Å². The molecule has 0 atom stereocenters. The zero-order valence-corrected chi connectivity index (χ0v) is 11.1. The minimum atomic E-state index is 0.487. The molecule has 0 saturated heterocycles. The molecule has 0 amide bonds. The molecule has 1 aromatic carbocycles. The summed E-state index contributed by atoms with van der Waals surface area (Å²) in [4.78, 5) is 6.16. The predicted octanol–water partition coefficient (Wildman–Crippen LogP) is 4.12. The summed E-state index contributed by atoms with van der Waals surface area (Å²) in [6, 6.07) is 11.5. The Morgan fingerprint density at radius 2 is 1.59 bits per heavy atom. The molecule has 1 heterocycles. The van der Waals surface area contributed by atoms with Gasteiger partial charge < -0.3 is 4.90 Å². The Morgan fingerprint density at radius 3 is 2.18 bits per heavy atom. The van der Waals surface area contributed by atoms with Crippen LogP contribution < -0.4 is 4.90 Å². The van der Waals surface area contributed by atoms with Crippen LogP contribution in [0.3, 0.4) is 0 Å². The van der Waals surface area contributed by atoms with Crippen molar-refractivity contribution in [1.82, 2.24) is 4.98 Å². The van der Waals surface area contributed by atoms with Crippen LogP contribution in [-0.2, 0) is 0 Å². The van der Waals surface area contributed by atoms with Crippen molar-refractivity contribution in [1.29, 1.82) is 0 Å². The number of pyridine rings is 1. The van der Waals surface area contributed by atoms with Crippen molar-refractivity contribution in [3.05, 3.63) is 46.6 Å². The molecule has 0 aliphatic rings. The number of hydrogen-bond donors (Lipinski definition) is 0. The van der Waals surface area contributed by atoms with Gasteiger partial charge in [0, 0.05) is 19.1 Å². The third-order valence-electron chi connectivity index (χ3n) is 2.42. The number of benzene rings is 1.